The molecule has 15 heavy (non-hydrogen) atoms. The third-order valence-electron chi connectivity index (χ3n) is 2.79. The highest BCUT2D eigenvalue weighted by Crippen LogP contribution is 2.29. The molecule has 1 aromatic carbocycles. The first-order chi connectivity index (χ1) is 7.18. The Labute approximate surface area is 93.2 Å². The van der Waals surface area contributed by atoms with E-state index in [1.807, 2.05) is 0 Å². The molecule has 2 atom stereocenters. The summed E-state index contributed by atoms with van der Waals surface area (Å²) in [6.07, 6.45) is 0.892. The SMILES string of the molecule is NC(c1ccc(Cl)cc1F)C1CCOC1. The van der Waals surface area contributed by atoms with E-state index in [-0.39, 0.29) is 17.8 Å². The lowest BCUT2D eigenvalue weighted by Crippen LogP contribution is -2.22. The van der Waals surface area contributed by atoms with Gasteiger partial charge >= 0.3 is 0 Å². The Morgan fingerprint density at radius 1 is 1.53 bits per heavy atom. The van der Waals surface area contributed by atoms with E-state index in [9.17, 15) is 4.39 Å². The number of benzene rings is 1. The van der Waals surface area contributed by atoms with Gasteiger partial charge in [-0.15, -0.1) is 0 Å². The molecule has 0 amide bonds. The minimum Gasteiger partial charge on any atom is -0.381 e. The molecule has 2 unspecified atom stereocenters. The van der Waals surface area contributed by atoms with Crippen LogP contribution in [0.2, 0.25) is 5.02 Å². The highest BCUT2D eigenvalue weighted by molar-refractivity contribution is 6.30. The molecule has 0 spiro atoms. The maximum Gasteiger partial charge on any atom is 0.129 e. The number of rotatable bonds is 2. The van der Waals surface area contributed by atoms with Crippen molar-refractivity contribution >= 4 is 11.6 Å². The van der Waals surface area contributed by atoms with E-state index < -0.39 is 0 Å². The third kappa shape index (κ3) is 2.30. The van der Waals surface area contributed by atoms with Crippen molar-refractivity contribution in [2.24, 2.45) is 11.7 Å². The van der Waals surface area contributed by atoms with Crippen LogP contribution in [0.25, 0.3) is 0 Å². The van der Waals surface area contributed by atoms with Crippen LogP contribution in [0, 0.1) is 11.7 Å². The van der Waals surface area contributed by atoms with Gasteiger partial charge in [-0.1, -0.05) is 17.7 Å². The average Bonchev–Trinajstić information content (AvgIpc) is 2.69. The lowest BCUT2D eigenvalue weighted by atomic mass is 9.93. The fourth-order valence-corrected chi connectivity index (χ4v) is 2.02. The summed E-state index contributed by atoms with van der Waals surface area (Å²) in [7, 11) is 0. The summed E-state index contributed by atoms with van der Waals surface area (Å²) in [5, 5.41) is 0.395. The van der Waals surface area contributed by atoms with Crippen LogP contribution in [0.5, 0.6) is 0 Å². The predicted molar refractivity (Wildman–Crippen MR) is 57.3 cm³/mol. The van der Waals surface area contributed by atoms with Gasteiger partial charge in [0.15, 0.2) is 0 Å². The number of hydrogen-bond donors (Lipinski definition) is 1. The Balaban J connectivity index is 2.20. The molecule has 1 aromatic rings. The Hall–Kier alpha value is -0.640. The van der Waals surface area contributed by atoms with Gasteiger partial charge in [0.1, 0.15) is 5.82 Å². The first kappa shape index (κ1) is 10.9. The summed E-state index contributed by atoms with van der Waals surface area (Å²) in [5.74, 6) is -0.123. The highest BCUT2D eigenvalue weighted by atomic mass is 35.5. The van der Waals surface area contributed by atoms with E-state index in [2.05, 4.69) is 0 Å². The van der Waals surface area contributed by atoms with Crippen LogP contribution < -0.4 is 5.73 Å². The fraction of sp³-hybridized carbons (Fsp3) is 0.455. The van der Waals surface area contributed by atoms with Crippen LogP contribution in [0.3, 0.4) is 0 Å². The van der Waals surface area contributed by atoms with E-state index in [1.54, 1.807) is 12.1 Å². The Morgan fingerprint density at radius 3 is 2.93 bits per heavy atom. The second kappa shape index (κ2) is 4.47. The standard InChI is InChI=1S/C11H13ClFNO/c12-8-1-2-9(10(13)5-8)11(14)7-3-4-15-6-7/h1-2,5,7,11H,3-4,6,14H2. The molecule has 0 aromatic heterocycles. The second-order valence-corrected chi connectivity index (χ2v) is 4.25. The van der Waals surface area contributed by atoms with Crippen molar-refractivity contribution in [2.75, 3.05) is 13.2 Å². The molecule has 82 valence electrons. The van der Waals surface area contributed by atoms with Crippen LogP contribution in [-0.4, -0.2) is 13.2 Å². The van der Waals surface area contributed by atoms with E-state index in [0.717, 1.165) is 6.42 Å². The number of hydrogen-bond acceptors (Lipinski definition) is 2. The van der Waals surface area contributed by atoms with Crippen LogP contribution >= 0.6 is 11.6 Å². The lowest BCUT2D eigenvalue weighted by molar-refractivity contribution is 0.180. The molecule has 2 N–H and O–H groups in total. The van der Waals surface area contributed by atoms with E-state index in [4.69, 9.17) is 22.1 Å². The second-order valence-electron chi connectivity index (χ2n) is 3.82. The molecule has 0 radical (unpaired) electrons. The topological polar surface area (TPSA) is 35.2 Å². The van der Waals surface area contributed by atoms with Crippen molar-refractivity contribution in [2.45, 2.75) is 12.5 Å². The first-order valence-corrected chi connectivity index (χ1v) is 5.34. The van der Waals surface area contributed by atoms with Crippen LogP contribution in [0.4, 0.5) is 4.39 Å². The fourth-order valence-electron chi connectivity index (χ4n) is 1.86. The van der Waals surface area contributed by atoms with Crippen molar-refractivity contribution in [3.63, 3.8) is 0 Å². The van der Waals surface area contributed by atoms with Crippen molar-refractivity contribution in [1.29, 1.82) is 0 Å². The molecule has 4 heteroatoms. The Bertz CT molecular complexity index is 352. The van der Waals surface area contributed by atoms with Gasteiger partial charge in [-0.3, -0.25) is 0 Å². The summed E-state index contributed by atoms with van der Waals surface area (Å²) in [4.78, 5) is 0. The summed E-state index contributed by atoms with van der Waals surface area (Å²) in [5.41, 5.74) is 6.51. The molecule has 1 heterocycles. The number of ether oxygens (including phenoxy) is 1. The molecular formula is C11H13ClFNO. The molecule has 2 nitrogen and oxygen atoms in total. The Kier molecular flexibility index (Phi) is 3.24. The summed E-state index contributed by atoms with van der Waals surface area (Å²) in [6, 6.07) is 4.31. The molecular weight excluding hydrogens is 217 g/mol. The van der Waals surface area contributed by atoms with Gasteiger partial charge in [0.05, 0.1) is 6.61 Å². The van der Waals surface area contributed by atoms with Gasteiger partial charge in [-0.25, -0.2) is 4.39 Å². The molecule has 0 bridgehead atoms. The van der Waals surface area contributed by atoms with Gasteiger partial charge in [0.25, 0.3) is 0 Å². The Morgan fingerprint density at radius 2 is 2.33 bits per heavy atom. The minimum absolute atomic E-state index is 0.209. The van der Waals surface area contributed by atoms with Crippen molar-refractivity contribution in [1.82, 2.24) is 0 Å². The summed E-state index contributed by atoms with van der Waals surface area (Å²) in [6.45, 7) is 1.33. The molecule has 2 rings (SSSR count). The maximum absolute atomic E-state index is 13.5. The number of halogens is 2. The van der Waals surface area contributed by atoms with Gasteiger partial charge in [0.2, 0.25) is 0 Å². The average molecular weight is 230 g/mol. The molecule has 1 aliphatic heterocycles. The van der Waals surface area contributed by atoms with E-state index in [1.165, 1.54) is 6.07 Å². The van der Waals surface area contributed by atoms with Gasteiger partial charge in [0, 0.05) is 29.2 Å². The van der Waals surface area contributed by atoms with Crippen molar-refractivity contribution < 1.29 is 9.13 Å². The van der Waals surface area contributed by atoms with Gasteiger partial charge < -0.3 is 10.5 Å². The largest absolute Gasteiger partial charge is 0.381 e. The first-order valence-electron chi connectivity index (χ1n) is 4.97. The third-order valence-corrected chi connectivity index (χ3v) is 3.03. The minimum atomic E-state index is -0.332. The van der Waals surface area contributed by atoms with Gasteiger partial charge in [-0.05, 0) is 18.6 Å². The summed E-state index contributed by atoms with van der Waals surface area (Å²) >= 11 is 5.68. The smallest absolute Gasteiger partial charge is 0.129 e. The maximum atomic E-state index is 13.5. The van der Waals surface area contributed by atoms with Crippen molar-refractivity contribution in [3.8, 4) is 0 Å². The molecule has 0 saturated carbocycles. The zero-order valence-electron chi connectivity index (χ0n) is 8.25. The van der Waals surface area contributed by atoms with Crippen LogP contribution in [0.1, 0.15) is 18.0 Å². The normalized spacial score (nSPS) is 23.0. The molecule has 1 fully saturated rings. The van der Waals surface area contributed by atoms with E-state index in [0.29, 0.717) is 23.8 Å². The lowest BCUT2D eigenvalue weighted by Gasteiger charge is -2.18. The molecule has 1 saturated heterocycles. The van der Waals surface area contributed by atoms with Crippen LogP contribution in [-0.2, 0) is 4.74 Å². The van der Waals surface area contributed by atoms with E-state index >= 15 is 0 Å². The number of nitrogens with two attached hydrogens (primary N) is 1. The van der Waals surface area contributed by atoms with Crippen molar-refractivity contribution in [3.05, 3.63) is 34.6 Å². The summed E-state index contributed by atoms with van der Waals surface area (Å²) < 4.78 is 18.8. The van der Waals surface area contributed by atoms with Gasteiger partial charge in [-0.2, -0.15) is 0 Å². The highest BCUT2D eigenvalue weighted by Gasteiger charge is 2.25. The molecule has 0 aliphatic carbocycles. The zero-order chi connectivity index (χ0) is 10.8. The molecule has 1 aliphatic rings. The quantitative estimate of drug-likeness (QED) is 0.846. The van der Waals surface area contributed by atoms with Crippen LogP contribution in [0.15, 0.2) is 18.2 Å². The zero-order valence-corrected chi connectivity index (χ0v) is 9.01. The predicted octanol–water partition coefficient (Wildman–Crippen LogP) is 2.52. The monoisotopic (exact) mass is 229 g/mol.